The van der Waals surface area contributed by atoms with Crippen LogP contribution in [-0.4, -0.2) is 11.5 Å². The molecule has 1 aromatic heterocycles. The van der Waals surface area contributed by atoms with Crippen LogP contribution in [0.5, 0.6) is 0 Å². The van der Waals surface area contributed by atoms with Crippen LogP contribution in [0.15, 0.2) is 60.9 Å². The molecule has 0 amide bonds. The fourth-order valence-electron chi connectivity index (χ4n) is 2.13. The Bertz CT molecular complexity index is 381. The lowest BCUT2D eigenvalue weighted by molar-refractivity contribution is 0.412. The number of pyridine rings is 1. The van der Waals surface area contributed by atoms with Crippen LogP contribution in [0.2, 0.25) is 0 Å². The Balaban J connectivity index is 0.000000169. The molecule has 18 heavy (non-hydrogen) atoms. The number of hydrogen-bond donors (Lipinski definition) is 1. The first-order chi connectivity index (χ1) is 8.97. The molecule has 0 radical (unpaired) electrons. The summed E-state index contributed by atoms with van der Waals surface area (Å²) in [5.74, 6) is 0. The quantitative estimate of drug-likeness (QED) is 0.824. The summed E-state index contributed by atoms with van der Waals surface area (Å²) in [7, 11) is 0. The molecule has 1 aliphatic rings. The topological polar surface area (TPSA) is 24.9 Å². The van der Waals surface area contributed by atoms with Crippen LogP contribution in [0.25, 0.3) is 0 Å². The molecule has 2 nitrogen and oxygen atoms in total. The van der Waals surface area contributed by atoms with Crippen molar-refractivity contribution in [2.45, 2.75) is 25.3 Å². The van der Waals surface area contributed by atoms with Gasteiger partial charge < -0.3 is 5.32 Å². The molecule has 2 aromatic rings. The molecular formula is C16H20N2. The van der Waals surface area contributed by atoms with Gasteiger partial charge in [-0.05, 0) is 37.1 Å². The Morgan fingerprint density at radius 2 is 1.61 bits per heavy atom. The van der Waals surface area contributed by atoms with Gasteiger partial charge >= 0.3 is 0 Å². The lowest BCUT2D eigenvalue weighted by Crippen LogP contribution is -2.26. The highest BCUT2D eigenvalue weighted by atomic mass is 14.9. The van der Waals surface area contributed by atoms with Gasteiger partial charge in [0.2, 0.25) is 0 Å². The highest BCUT2D eigenvalue weighted by molar-refractivity contribution is 5.19. The van der Waals surface area contributed by atoms with Crippen molar-refractivity contribution in [2.75, 3.05) is 6.54 Å². The summed E-state index contributed by atoms with van der Waals surface area (Å²) in [6, 6.07) is 17.1. The number of hydrogen-bond acceptors (Lipinski definition) is 2. The summed E-state index contributed by atoms with van der Waals surface area (Å²) in [6.07, 6.45) is 7.50. The second kappa shape index (κ2) is 7.62. The molecule has 0 bridgehead atoms. The van der Waals surface area contributed by atoms with E-state index in [9.17, 15) is 0 Å². The third-order valence-electron chi connectivity index (χ3n) is 3.08. The lowest BCUT2D eigenvalue weighted by Gasteiger charge is -2.23. The number of benzene rings is 1. The lowest BCUT2D eigenvalue weighted by atomic mass is 9.98. The second-order valence-electron chi connectivity index (χ2n) is 4.44. The van der Waals surface area contributed by atoms with Gasteiger partial charge in [0, 0.05) is 18.4 Å². The summed E-state index contributed by atoms with van der Waals surface area (Å²) in [5, 5.41) is 3.54. The maximum atomic E-state index is 3.78. The average molecular weight is 240 g/mol. The molecule has 1 unspecified atom stereocenters. The molecule has 1 fully saturated rings. The van der Waals surface area contributed by atoms with Gasteiger partial charge in [0.15, 0.2) is 0 Å². The summed E-state index contributed by atoms with van der Waals surface area (Å²) in [5.41, 5.74) is 1.44. The zero-order valence-corrected chi connectivity index (χ0v) is 10.6. The summed E-state index contributed by atoms with van der Waals surface area (Å²) in [6.45, 7) is 1.18. The summed E-state index contributed by atoms with van der Waals surface area (Å²) in [4.78, 5) is 3.78. The Morgan fingerprint density at radius 1 is 0.889 bits per heavy atom. The zero-order chi connectivity index (χ0) is 12.5. The molecule has 0 spiro atoms. The maximum Gasteiger partial charge on any atom is 0.0320 e. The first-order valence-corrected chi connectivity index (χ1v) is 6.60. The van der Waals surface area contributed by atoms with E-state index in [0.29, 0.717) is 6.04 Å². The van der Waals surface area contributed by atoms with Crippen molar-refractivity contribution in [3.05, 3.63) is 66.5 Å². The van der Waals surface area contributed by atoms with E-state index in [1.807, 2.05) is 18.2 Å². The van der Waals surface area contributed by atoms with Crippen molar-refractivity contribution in [3.63, 3.8) is 0 Å². The summed E-state index contributed by atoms with van der Waals surface area (Å²) >= 11 is 0. The number of rotatable bonds is 1. The van der Waals surface area contributed by atoms with Gasteiger partial charge in [0.05, 0.1) is 0 Å². The van der Waals surface area contributed by atoms with Crippen molar-refractivity contribution in [1.82, 2.24) is 10.3 Å². The highest BCUT2D eigenvalue weighted by Crippen LogP contribution is 2.21. The van der Waals surface area contributed by atoms with E-state index in [1.165, 1.54) is 31.4 Å². The predicted molar refractivity (Wildman–Crippen MR) is 75.3 cm³/mol. The van der Waals surface area contributed by atoms with Crippen LogP contribution >= 0.6 is 0 Å². The van der Waals surface area contributed by atoms with Crippen LogP contribution in [0.3, 0.4) is 0 Å². The van der Waals surface area contributed by atoms with Crippen molar-refractivity contribution >= 4 is 0 Å². The van der Waals surface area contributed by atoms with E-state index in [2.05, 4.69) is 40.6 Å². The Kier molecular flexibility index (Phi) is 5.41. The number of nitrogens with one attached hydrogen (secondary N) is 1. The molecule has 2 heteroatoms. The van der Waals surface area contributed by atoms with Crippen LogP contribution < -0.4 is 5.32 Å². The monoisotopic (exact) mass is 240 g/mol. The largest absolute Gasteiger partial charge is 0.310 e. The molecule has 1 saturated heterocycles. The molecular weight excluding hydrogens is 220 g/mol. The third kappa shape index (κ3) is 4.30. The van der Waals surface area contributed by atoms with Crippen molar-refractivity contribution in [3.8, 4) is 0 Å². The summed E-state index contributed by atoms with van der Waals surface area (Å²) < 4.78 is 0. The van der Waals surface area contributed by atoms with Gasteiger partial charge in [-0.15, -0.1) is 0 Å². The van der Waals surface area contributed by atoms with Gasteiger partial charge in [-0.3, -0.25) is 4.98 Å². The Morgan fingerprint density at radius 3 is 2.11 bits per heavy atom. The van der Waals surface area contributed by atoms with Crippen LogP contribution in [0, 0.1) is 0 Å². The van der Waals surface area contributed by atoms with Gasteiger partial charge in [-0.2, -0.15) is 0 Å². The van der Waals surface area contributed by atoms with Gasteiger partial charge in [-0.1, -0.05) is 42.8 Å². The molecule has 3 rings (SSSR count). The second-order valence-corrected chi connectivity index (χ2v) is 4.44. The fraction of sp³-hybridized carbons (Fsp3) is 0.312. The zero-order valence-electron chi connectivity index (χ0n) is 10.6. The third-order valence-corrected chi connectivity index (χ3v) is 3.08. The minimum atomic E-state index is 0.611. The molecule has 1 N–H and O–H groups in total. The predicted octanol–water partition coefficient (Wildman–Crippen LogP) is 3.58. The standard InChI is InChI=1S/C11H15N.C5H5N/c1-2-6-10(7-3-1)11-8-4-5-9-12-11;1-2-4-6-5-3-1/h1-3,6-7,11-12H,4-5,8-9H2;1-5H. The minimum absolute atomic E-state index is 0.611. The minimum Gasteiger partial charge on any atom is -0.310 e. The van der Waals surface area contributed by atoms with Gasteiger partial charge in [0.25, 0.3) is 0 Å². The van der Waals surface area contributed by atoms with E-state index >= 15 is 0 Å². The smallest absolute Gasteiger partial charge is 0.0320 e. The van der Waals surface area contributed by atoms with Crippen molar-refractivity contribution in [1.29, 1.82) is 0 Å². The molecule has 2 heterocycles. The number of aromatic nitrogens is 1. The fourth-order valence-corrected chi connectivity index (χ4v) is 2.13. The number of piperidine rings is 1. The molecule has 0 saturated carbocycles. The van der Waals surface area contributed by atoms with Crippen LogP contribution in [0.1, 0.15) is 30.9 Å². The Labute approximate surface area is 109 Å². The van der Waals surface area contributed by atoms with E-state index in [-0.39, 0.29) is 0 Å². The SMILES string of the molecule is c1ccc(C2CCCCN2)cc1.c1ccncc1. The first kappa shape index (κ1) is 12.8. The molecule has 1 aliphatic heterocycles. The van der Waals surface area contributed by atoms with E-state index in [0.717, 1.165) is 0 Å². The van der Waals surface area contributed by atoms with Crippen LogP contribution in [0.4, 0.5) is 0 Å². The molecule has 0 aliphatic carbocycles. The van der Waals surface area contributed by atoms with E-state index in [1.54, 1.807) is 12.4 Å². The highest BCUT2D eigenvalue weighted by Gasteiger charge is 2.13. The molecule has 1 atom stereocenters. The average Bonchev–Trinajstić information content (AvgIpc) is 2.51. The van der Waals surface area contributed by atoms with Crippen LogP contribution in [-0.2, 0) is 0 Å². The molecule has 94 valence electrons. The Hall–Kier alpha value is -1.67. The molecule has 1 aromatic carbocycles. The normalized spacial score (nSPS) is 18.6. The first-order valence-electron chi connectivity index (χ1n) is 6.60. The van der Waals surface area contributed by atoms with Gasteiger partial charge in [0.1, 0.15) is 0 Å². The van der Waals surface area contributed by atoms with Crippen molar-refractivity contribution < 1.29 is 0 Å². The van der Waals surface area contributed by atoms with Crippen molar-refractivity contribution in [2.24, 2.45) is 0 Å². The van der Waals surface area contributed by atoms with E-state index < -0.39 is 0 Å². The number of nitrogens with zero attached hydrogens (tertiary/aromatic N) is 1. The van der Waals surface area contributed by atoms with Gasteiger partial charge in [-0.25, -0.2) is 0 Å². The maximum absolute atomic E-state index is 3.78. The van der Waals surface area contributed by atoms with E-state index in [4.69, 9.17) is 0 Å².